The molecule has 0 heterocycles. The molecule has 0 rings (SSSR count). The molecule has 8 heavy (non-hydrogen) atoms. The van der Waals surface area contributed by atoms with Crippen LogP contribution < -0.4 is 0 Å². The van der Waals surface area contributed by atoms with E-state index in [1.54, 1.807) is 0 Å². The van der Waals surface area contributed by atoms with Gasteiger partial charge in [-0.1, -0.05) is 0 Å². The van der Waals surface area contributed by atoms with Gasteiger partial charge < -0.3 is 0 Å². The van der Waals surface area contributed by atoms with Crippen LogP contribution in [-0.4, -0.2) is 32.0 Å². The van der Waals surface area contributed by atoms with Crippen LogP contribution in [-0.2, 0) is 4.79 Å². The first-order chi connectivity index (χ1) is 3.77. The number of hydrogen-bond donors (Lipinski definition) is 1. The van der Waals surface area contributed by atoms with Crippen LogP contribution in [0.5, 0.6) is 0 Å². The molecule has 0 bridgehead atoms. The molecule has 0 amide bonds. The van der Waals surface area contributed by atoms with E-state index in [4.69, 9.17) is 10.4 Å². The Bertz CT molecular complexity index is 118. The summed E-state index contributed by atoms with van der Waals surface area (Å²) in [5.41, 5.74) is 0. The molecule has 4 heteroatoms. The van der Waals surface area contributed by atoms with E-state index in [-0.39, 0.29) is 6.42 Å². The Hall–Kier alpha value is -0.250. The fraction of sp³-hybridized carbons (Fsp3) is 0.500. The summed E-state index contributed by atoms with van der Waals surface area (Å²) in [5.74, 6) is -0.801. The van der Waals surface area contributed by atoms with Crippen molar-refractivity contribution in [3.05, 3.63) is 0 Å². The molecule has 0 aliphatic heterocycles. The number of hydrogen-bond acceptors (Lipinski definition) is 2. The van der Waals surface area contributed by atoms with Crippen LogP contribution in [0.2, 0.25) is 4.47 Å². The van der Waals surface area contributed by atoms with Crippen molar-refractivity contribution in [3.8, 4) is 4.12 Å². The predicted octanol–water partition coefficient (Wildman–Crippen LogP) is 0.0647. The Morgan fingerprint density at radius 3 is 2.88 bits per heavy atom. The molecule has 1 N–H and O–H groups in total. The van der Waals surface area contributed by atoms with Crippen LogP contribution in [0.1, 0.15) is 6.42 Å². The first kappa shape index (κ1) is 7.75. The minimum atomic E-state index is -0.801. The fourth-order valence-electron chi connectivity index (χ4n) is 0.184. The molecule has 0 radical (unpaired) electrons. The van der Waals surface area contributed by atoms with Crippen molar-refractivity contribution in [1.29, 1.82) is 5.26 Å². The van der Waals surface area contributed by atoms with Gasteiger partial charge in [-0.15, -0.1) is 0 Å². The average molecular weight is 227 g/mol. The number of carbonyl (C=O) groups is 1. The van der Waals surface area contributed by atoms with Gasteiger partial charge in [0.15, 0.2) is 0 Å². The molecular weight excluding hydrogens is 222 g/mol. The number of aliphatic carboxylic acids is 1. The molecule has 0 unspecified atom stereocenters. The zero-order valence-corrected chi connectivity index (χ0v) is 6.46. The predicted molar refractivity (Wildman–Crippen MR) is 28.4 cm³/mol. The number of carboxylic acid groups (broad SMARTS) is 1. The van der Waals surface area contributed by atoms with Crippen LogP contribution in [0.3, 0.4) is 0 Å². The van der Waals surface area contributed by atoms with Crippen LogP contribution in [0.4, 0.5) is 0 Å². The molecule has 44 valence electrons. The van der Waals surface area contributed by atoms with Crippen LogP contribution in [0, 0.1) is 9.38 Å². The van der Waals surface area contributed by atoms with Crippen LogP contribution in [0.15, 0.2) is 0 Å². The Morgan fingerprint density at radius 2 is 2.50 bits per heavy atom. The van der Waals surface area contributed by atoms with Crippen molar-refractivity contribution in [2.24, 2.45) is 0 Å². The van der Waals surface area contributed by atoms with Gasteiger partial charge in [-0.3, -0.25) is 0 Å². The molecule has 0 aliphatic rings. The Morgan fingerprint density at radius 1 is 1.88 bits per heavy atom. The molecule has 0 saturated carbocycles. The van der Waals surface area contributed by atoms with Gasteiger partial charge in [-0.25, -0.2) is 0 Å². The summed E-state index contributed by atoms with van der Waals surface area (Å²) in [6.45, 7) is 0. The van der Waals surface area contributed by atoms with E-state index in [1.807, 2.05) is 4.12 Å². The van der Waals surface area contributed by atoms with E-state index in [2.05, 4.69) is 0 Å². The van der Waals surface area contributed by atoms with Gasteiger partial charge in [0, 0.05) is 0 Å². The van der Waals surface area contributed by atoms with E-state index in [0.717, 1.165) is 0 Å². The summed E-state index contributed by atoms with van der Waals surface area (Å²) in [4.78, 5) is 9.79. The standard InChI is InChI=1S/C4H5NO2Te/c5-3-8-2-1-4(6)7/h1-2H2,(H,6,7). The molecule has 0 fully saturated rings. The molecule has 0 saturated heterocycles. The Labute approximate surface area is 57.4 Å². The topological polar surface area (TPSA) is 61.1 Å². The van der Waals surface area contributed by atoms with Gasteiger partial charge in [0.2, 0.25) is 0 Å². The van der Waals surface area contributed by atoms with E-state index in [9.17, 15) is 4.79 Å². The summed E-state index contributed by atoms with van der Waals surface area (Å²) in [5, 5.41) is 16.0. The zero-order valence-electron chi connectivity index (χ0n) is 4.13. The Kier molecular flexibility index (Phi) is 4.74. The molecule has 0 aromatic carbocycles. The second-order valence-corrected chi connectivity index (χ2v) is 3.59. The molecule has 0 aromatic rings. The minimum absolute atomic E-state index is 0.163. The van der Waals surface area contributed by atoms with Gasteiger partial charge in [0.1, 0.15) is 0 Å². The molecule has 0 aromatic heterocycles. The third-order valence-corrected chi connectivity index (χ3v) is 2.02. The summed E-state index contributed by atoms with van der Waals surface area (Å²) in [6.07, 6.45) is 0.163. The van der Waals surface area contributed by atoms with Crippen molar-refractivity contribution < 1.29 is 9.90 Å². The number of carboxylic acids is 1. The molecule has 0 aliphatic carbocycles. The molecular formula is C4H5NO2Te. The second kappa shape index (κ2) is 4.90. The average Bonchev–Trinajstić information content (AvgIpc) is 1.66. The fourth-order valence-corrected chi connectivity index (χ4v) is 1.23. The third kappa shape index (κ3) is 5.75. The maximum absolute atomic E-state index is 9.79. The van der Waals surface area contributed by atoms with Crippen LogP contribution >= 0.6 is 0 Å². The first-order valence-electron chi connectivity index (χ1n) is 2.00. The summed E-state index contributed by atoms with van der Waals surface area (Å²) < 4.78 is 2.58. The van der Waals surface area contributed by atoms with Gasteiger partial charge in [-0.05, 0) is 0 Å². The SMILES string of the molecule is N#C[Te]CCC(=O)O. The summed E-state index contributed by atoms with van der Waals surface area (Å²) >= 11 is -0.630. The second-order valence-electron chi connectivity index (χ2n) is 1.08. The summed E-state index contributed by atoms with van der Waals surface area (Å²) in [6, 6.07) is 0. The van der Waals surface area contributed by atoms with Gasteiger partial charge >= 0.3 is 57.1 Å². The monoisotopic (exact) mass is 229 g/mol. The quantitative estimate of drug-likeness (QED) is 0.547. The Balaban J connectivity index is 2.97. The van der Waals surface area contributed by atoms with Gasteiger partial charge in [-0.2, -0.15) is 0 Å². The van der Waals surface area contributed by atoms with Crippen molar-refractivity contribution in [1.82, 2.24) is 0 Å². The summed E-state index contributed by atoms with van der Waals surface area (Å²) in [7, 11) is 0. The molecule has 3 nitrogen and oxygen atoms in total. The number of rotatable bonds is 3. The molecule has 0 atom stereocenters. The maximum atomic E-state index is 9.79. The molecule has 0 spiro atoms. The van der Waals surface area contributed by atoms with Gasteiger partial charge in [0.25, 0.3) is 0 Å². The van der Waals surface area contributed by atoms with E-state index >= 15 is 0 Å². The first-order valence-corrected chi connectivity index (χ1v) is 4.81. The van der Waals surface area contributed by atoms with Crippen molar-refractivity contribution in [2.45, 2.75) is 10.9 Å². The zero-order chi connectivity index (χ0) is 6.41. The van der Waals surface area contributed by atoms with Crippen molar-refractivity contribution in [3.63, 3.8) is 0 Å². The third-order valence-electron chi connectivity index (χ3n) is 0.483. The van der Waals surface area contributed by atoms with Gasteiger partial charge in [0.05, 0.1) is 0 Å². The van der Waals surface area contributed by atoms with Crippen molar-refractivity contribution in [2.75, 3.05) is 0 Å². The number of nitrogens with zero attached hydrogens (tertiary/aromatic N) is 1. The van der Waals surface area contributed by atoms with Crippen LogP contribution in [0.25, 0.3) is 0 Å². The van der Waals surface area contributed by atoms with Crippen molar-refractivity contribution >= 4 is 26.9 Å². The number of nitriles is 1. The van der Waals surface area contributed by atoms with E-state index in [0.29, 0.717) is 4.47 Å². The van der Waals surface area contributed by atoms with E-state index < -0.39 is 26.9 Å². The normalized spacial score (nSPS) is 7.88. The van der Waals surface area contributed by atoms with E-state index in [1.165, 1.54) is 0 Å².